The molecule has 1 aliphatic rings. The monoisotopic (exact) mass is 276 g/mol. The van der Waals surface area contributed by atoms with Gasteiger partial charge in [0.25, 0.3) is 5.91 Å². The molecule has 20 heavy (non-hydrogen) atoms. The molecule has 1 amide bonds. The first-order valence-corrected chi connectivity index (χ1v) is 7.52. The fraction of sp³-hybridized carbons (Fsp3) is 0.667. The number of nitrogens with zero attached hydrogens (tertiary/aromatic N) is 2. The van der Waals surface area contributed by atoms with Crippen molar-refractivity contribution in [3.8, 4) is 0 Å². The highest BCUT2D eigenvalue weighted by molar-refractivity contribution is 5.92. The number of aromatic nitrogens is 2. The van der Waals surface area contributed by atoms with Crippen molar-refractivity contribution in [2.45, 2.75) is 46.1 Å². The van der Waals surface area contributed by atoms with E-state index in [4.69, 9.17) is 0 Å². The van der Waals surface area contributed by atoms with Crippen LogP contribution in [0.25, 0.3) is 0 Å². The molecule has 0 bridgehead atoms. The molecule has 1 aromatic rings. The molecule has 5 nitrogen and oxygen atoms in total. The molecule has 3 atom stereocenters. The maximum Gasteiger partial charge on any atom is 0.271 e. The van der Waals surface area contributed by atoms with Crippen molar-refractivity contribution in [1.29, 1.82) is 0 Å². The van der Waals surface area contributed by atoms with Crippen LogP contribution in [-0.4, -0.2) is 28.5 Å². The summed E-state index contributed by atoms with van der Waals surface area (Å²) in [6, 6.07) is 0.261. The third-order valence-corrected chi connectivity index (χ3v) is 4.29. The van der Waals surface area contributed by atoms with Gasteiger partial charge in [0.1, 0.15) is 11.5 Å². The standard InChI is InChI=1S/C15H24N4O/c1-4-11-6-7-12(10(11)3)19-15(20)13-8-16-9-14(18-13)17-5-2/h8-12H,4-7H2,1-3H3,(H,17,18)(H,19,20). The lowest BCUT2D eigenvalue weighted by Crippen LogP contribution is -2.38. The topological polar surface area (TPSA) is 66.9 Å². The highest BCUT2D eigenvalue weighted by Gasteiger charge is 2.32. The van der Waals surface area contributed by atoms with Gasteiger partial charge in [-0.05, 0) is 31.6 Å². The molecule has 110 valence electrons. The van der Waals surface area contributed by atoms with Crippen LogP contribution < -0.4 is 10.6 Å². The predicted molar refractivity (Wildman–Crippen MR) is 79.6 cm³/mol. The summed E-state index contributed by atoms with van der Waals surface area (Å²) in [5, 5.41) is 6.18. The molecule has 0 saturated heterocycles. The van der Waals surface area contributed by atoms with Gasteiger partial charge in [0, 0.05) is 12.6 Å². The Hall–Kier alpha value is -1.65. The van der Waals surface area contributed by atoms with Crippen molar-refractivity contribution < 1.29 is 4.79 Å². The Bertz CT molecular complexity index is 463. The minimum atomic E-state index is -0.120. The predicted octanol–water partition coefficient (Wildman–Crippen LogP) is 2.46. The van der Waals surface area contributed by atoms with E-state index in [2.05, 4.69) is 34.4 Å². The summed E-state index contributed by atoms with van der Waals surface area (Å²) >= 11 is 0. The van der Waals surface area contributed by atoms with E-state index in [1.165, 1.54) is 19.0 Å². The highest BCUT2D eigenvalue weighted by Crippen LogP contribution is 2.33. The van der Waals surface area contributed by atoms with Gasteiger partial charge in [0.2, 0.25) is 0 Å². The van der Waals surface area contributed by atoms with Crippen molar-refractivity contribution >= 4 is 11.7 Å². The Balaban J connectivity index is 2.00. The molecule has 3 unspecified atom stereocenters. The number of hydrogen-bond donors (Lipinski definition) is 2. The van der Waals surface area contributed by atoms with Crippen LogP contribution in [0.4, 0.5) is 5.82 Å². The third-order valence-electron chi connectivity index (χ3n) is 4.29. The number of carbonyl (C=O) groups excluding carboxylic acids is 1. The van der Waals surface area contributed by atoms with E-state index in [-0.39, 0.29) is 11.9 Å². The van der Waals surface area contributed by atoms with Gasteiger partial charge in [-0.1, -0.05) is 20.3 Å². The summed E-state index contributed by atoms with van der Waals surface area (Å²) in [7, 11) is 0. The van der Waals surface area contributed by atoms with E-state index in [0.717, 1.165) is 18.9 Å². The fourth-order valence-corrected chi connectivity index (χ4v) is 3.01. The van der Waals surface area contributed by atoms with E-state index in [1.807, 2.05) is 6.92 Å². The van der Waals surface area contributed by atoms with Crippen LogP contribution >= 0.6 is 0 Å². The summed E-state index contributed by atoms with van der Waals surface area (Å²) in [6.45, 7) is 7.20. The van der Waals surface area contributed by atoms with E-state index in [0.29, 0.717) is 17.4 Å². The lowest BCUT2D eigenvalue weighted by Gasteiger charge is -2.20. The van der Waals surface area contributed by atoms with Crippen molar-refractivity contribution in [3.05, 3.63) is 18.1 Å². The first-order chi connectivity index (χ1) is 9.65. The molecular formula is C15H24N4O. The van der Waals surface area contributed by atoms with Crippen LogP contribution in [0.1, 0.15) is 50.5 Å². The summed E-state index contributed by atoms with van der Waals surface area (Å²) in [5.74, 6) is 1.78. The van der Waals surface area contributed by atoms with Crippen LogP contribution in [0.5, 0.6) is 0 Å². The van der Waals surface area contributed by atoms with Gasteiger partial charge < -0.3 is 10.6 Å². The zero-order valence-corrected chi connectivity index (χ0v) is 12.5. The van der Waals surface area contributed by atoms with Gasteiger partial charge in [-0.15, -0.1) is 0 Å². The Kier molecular flexibility index (Phi) is 4.93. The number of rotatable bonds is 5. The highest BCUT2D eigenvalue weighted by atomic mass is 16.2. The van der Waals surface area contributed by atoms with Gasteiger partial charge in [-0.25, -0.2) is 4.98 Å². The Morgan fingerprint density at radius 2 is 2.15 bits per heavy atom. The number of amides is 1. The molecule has 1 fully saturated rings. The molecule has 0 aromatic carbocycles. The first kappa shape index (κ1) is 14.8. The SMILES string of the molecule is CCNc1cncc(C(=O)NC2CCC(CC)C2C)n1. The second-order valence-electron chi connectivity index (χ2n) is 5.50. The lowest BCUT2D eigenvalue weighted by atomic mass is 9.93. The molecule has 2 rings (SSSR count). The van der Waals surface area contributed by atoms with Gasteiger partial charge in [-0.3, -0.25) is 9.78 Å². The zero-order chi connectivity index (χ0) is 14.5. The van der Waals surface area contributed by atoms with Crippen LogP contribution in [0.15, 0.2) is 12.4 Å². The largest absolute Gasteiger partial charge is 0.369 e. The van der Waals surface area contributed by atoms with Crippen molar-refractivity contribution in [2.24, 2.45) is 11.8 Å². The summed E-state index contributed by atoms with van der Waals surface area (Å²) in [4.78, 5) is 20.6. The van der Waals surface area contributed by atoms with Gasteiger partial charge in [0.15, 0.2) is 0 Å². The van der Waals surface area contributed by atoms with Gasteiger partial charge in [0.05, 0.1) is 12.4 Å². The first-order valence-electron chi connectivity index (χ1n) is 7.52. The minimum absolute atomic E-state index is 0.120. The second-order valence-corrected chi connectivity index (χ2v) is 5.50. The van der Waals surface area contributed by atoms with Gasteiger partial charge in [-0.2, -0.15) is 0 Å². The van der Waals surface area contributed by atoms with Crippen LogP contribution in [0.2, 0.25) is 0 Å². The van der Waals surface area contributed by atoms with E-state index in [9.17, 15) is 4.79 Å². The normalized spacial score (nSPS) is 25.4. The van der Waals surface area contributed by atoms with E-state index < -0.39 is 0 Å². The molecule has 5 heteroatoms. The van der Waals surface area contributed by atoms with Crippen LogP contribution in [0.3, 0.4) is 0 Å². The summed E-state index contributed by atoms with van der Waals surface area (Å²) < 4.78 is 0. The molecule has 0 spiro atoms. The third kappa shape index (κ3) is 3.26. The molecule has 0 radical (unpaired) electrons. The van der Waals surface area contributed by atoms with E-state index >= 15 is 0 Å². The maximum atomic E-state index is 12.3. The molecule has 1 heterocycles. The number of carbonyl (C=O) groups is 1. The minimum Gasteiger partial charge on any atom is -0.369 e. The van der Waals surface area contributed by atoms with E-state index in [1.54, 1.807) is 6.20 Å². The summed E-state index contributed by atoms with van der Waals surface area (Å²) in [6.07, 6.45) is 6.60. The number of nitrogens with one attached hydrogen (secondary N) is 2. The second kappa shape index (κ2) is 6.68. The zero-order valence-electron chi connectivity index (χ0n) is 12.5. The average Bonchev–Trinajstić information content (AvgIpc) is 2.80. The molecule has 1 aromatic heterocycles. The fourth-order valence-electron chi connectivity index (χ4n) is 3.01. The lowest BCUT2D eigenvalue weighted by molar-refractivity contribution is 0.0921. The van der Waals surface area contributed by atoms with Crippen molar-refractivity contribution in [3.63, 3.8) is 0 Å². The number of anilines is 1. The van der Waals surface area contributed by atoms with Crippen molar-refractivity contribution in [1.82, 2.24) is 15.3 Å². The quantitative estimate of drug-likeness (QED) is 0.867. The average molecular weight is 276 g/mol. The maximum absolute atomic E-state index is 12.3. The molecule has 1 saturated carbocycles. The molecule has 1 aliphatic carbocycles. The van der Waals surface area contributed by atoms with Crippen LogP contribution in [0, 0.1) is 11.8 Å². The number of hydrogen-bond acceptors (Lipinski definition) is 4. The molecular weight excluding hydrogens is 252 g/mol. The molecule has 0 aliphatic heterocycles. The van der Waals surface area contributed by atoms with Gasteiger partial charge >= 0.3 is 0 Å². The van der Waals surface area contributed by atoms with Crippen LogP contribution in [-0.2, 0) is 0 Å². The smallest absolute Gasteiger partial charge is 0.271 e. The van der Waals surface area contributed by atoms with Crippen molar-refractivity contribution in [2.75, 3.05) is 11.9 Å². The Morgan fingerprint density at radius 1 is 1.35 bits per heavy atom. The molecule has 2 N–H and O–H groups in total. The summed E-state index contributed by atoms with van der Waals surface area (Å²) in [5.41, 5.74) is 0.385. The Labute approximate surface area is 120 Å². The Morgan fingerprint density at radius 3 is 2.80 bits per heavy atom.